The van der Waals surface area contributed by atoms with Crippen LogP contribution >= 0.6 is 0 Å². The van der Waals surface area contributed by atoms with Gasteiger partial charge in [-0.15, -0.1) is 0 Å². The molecule has 3 N–H and O–H groups in total. The van der Waals surface area contributed by atoms with Gasteiger partial charge in [-0.05, 0) is 56.2 Å². The zero-order chi connectivity index (χ0) is 13.8. The van der Waals surface area contributed by atoms with Gasteiger partial charge in [0.15, 0.2) is 0 Å². The summed E-state index contributed by atoms with van der Waals surface area (Å²) in [6, 6.07) is 3.74. The Morgan fingerprint density at radius 3 is 2.79 bits per heavy atom. The molecule has 0 radical (unpaired) electrons. The fraction of sp³-hybridized carbons (Fsp3) is 0.438. The van der Waals surface area contributed by atoms with E-state index in [2.05, 4.69) is 17.5 Å². The van der Waals surface area contributed by atoms with Crippen LogP contribution in [0.2, 0.25) is 0 Å². The Kier molecular flexibility index (Phi) is 4.25. The number of anilines is 1. The largest absolute Gasteiger partial charge is 0.398 e. The third kappa shape index (κ3) is 3.37. The third-order valence-corrected chi connectivity index (χ3v) is 3.79. The summed E-state index contributed by atoms with van der Waals surface area (Å²) in [7, 11) is 0. The van der Waals surface area contributed by atoms with E-state index in [1.54, 1.807) is 6.07 Å². The third-order valence-electron chi connectivity index (χ3n) is 3.79. The summed E-state index contributed by atoms with van der Waals surface area (Å²) >= 11 is 0. The van der Waals surface area contributed by atoms with Crippen LogP contribution in [0.15, 0.2) is 24.3 Å². The number of hydrogen-bond acceptors (Lipinski definition) is 2. The van der Waals surface area contributed by atoms with Crippen LogP contribution in [0.25, 0.3) is 0 Å². The molecule has 102 valence electrons. The first-order valence-electron chi connectivity index (χ1n) is 6.88. The van der Waals surface area contributed by atoms with E-state index >= 15 is 0 Å². The molecule has 0 bridgehead atoms. The SMILES string of the molecule is Cc1cc(C)c(C(=O)NCC2CC=CCC2)cc1N. The Labute approximate surface area is 114 Å². The number of carbonyl (C=O) groups excluding carboxylic acids is 1. The van der Waals surface area contributed by atoms with Crippen LogP contribution in [-0.2, 0) is 0 Å². The van der Waals surface area contributed by atoms with Crippen LogP contribution in [0.1, 0.15) is 40.7 Å². The molecule has 3 nitrogen and oxygen atoms in total. The van der Waals surface area contributed by atoms with Gasteiger partial charge in [-0.2, -0.15) is 0 Å². The Morgan fingerprint density at radius 1 is 1.32 bits per heavy atom. The average Bonchev–Trinajstić information content (AvgIpc) is 2.41. The number of hydrogen-bond donors (Lipinski definition) is 2. The van der Waals surface area contributed by atoms with Gasteiger partial charge < -0.3 is 11.1 Å². The van der Waals surface area contributed by atoms with E-state index < -0.39 is 0 Å². The van der Waals surface area contributed by atoms with Crippen LogP contribution < -0.4 is 11.1 Å². The molecule has 0 heterocycles. The van der Waals surface area contributed by atoms with Crippen LogP contribution in [0, 0.1) is 19.8 Å². The quantitative estimate of drug-likeness (QED) is 0.647. The van der Waals surface area contributed by atoms with Crippen molar-refractivity contribution in [1.29, 1.82) is 0 Å². The van der Waals surface area contributed by atoms with Crippen LogP contribution in [-0.4, -0.2) is 12.5 Å². The van der Waals surface area contributed by atoms with Crippen molar-refractivity contribution in [3.05, 3.63) is 41.0 Å². The lowest BCUT2D eigenvalue weighted by Gasteiger charge is -2.18. The van der Waals surface area contributed by atoms with Crippen molar-refractivity contribution in [3.8, 4) is 0 Å². The van der Waals surface area contributed by atoms with Gasteiger partial charge in [-0.25, -0.2) is 0 Å². The molecule has 0 aromatic heterocycles. The topological polar surface area (TPSA) is 55.1 Å². The predicted molar refractivity (Wildman–Crippen MR) is 79.1 cm³/mol. The molecule has 0 fully saturated rings. The molecular formula is C16H22N2O. The molecule has 3 heteroatoms. The number of nitrogens with one attached hydrogen (secondary N) is 1. The van der Waals surface area contributed by atoms with Crippen molar-refractivity contribution in [2.75, 3.05) is 12.3 Å². The summed E-state index contributed by atoms with van der Waals surface area (Å²) in [5.74, 6) is 0.552. The fourth-order valence-electron chi connectivity index (χ4n) is 2.49. The molecule has 2 rings (SSSR count). The summed E-state index contributed by atoms with van der Waals surface area (Å²) in [6.07, 6.45) is 7.76. The maximum atomic E-state index is 12.2. The van der Waals surface area contributed by atoms with Gasteiger partial charge in [0.05, 0.1) is 0 Å². The second-order valence-corrected chi connectivity index (χ2v) is 5.38. The zero-order valence-electron chi connectivity index (χ0n) is 11.7. The van der Waals surface area contributed by atoms with E-state index in [4.69, 9.17) is 5.73 Å². The zero-order valence-corrected chi connectivity index (χ0v) is 11.7. The van der Waals surface area contributed by atoms with Gasteiger partial charge in [0.25, 0.3) is 5.91 Å². The molecular weight excluding hydrogens is 236 g/mol. The smallest absolute Gasteiger partial charge is 0.251 e. The number of nitrogens with two attached hydrogens (primary N) is 1. The maximum absolute atomic E-state index is 12.2. The molecule has 1 aromatic rings. The molecule has 0 saturated heterocycles. The van der Waals surface area contributed by atoms with Gasteiger partial charge in [-0.1, -0.05) is 18.2 Å². The lowest BCUT2D eigenvalue weighted by Crippen LogP contribution is -2.30. The lowest BCUT2D eigenvalue weighted by atomic mass is 9.94. The second-order valence-electron chi connectivity index (χ2n) is 5.38. The monoisotopic (exact) mass is 258 g/mol. The van der Waals surface area contributed by atoms with Crippen molar-refractivity contribution < 1.29 is 4.79 Å². The van der Waals surface area contributed by atoms with E-state index in [-0.39, 0.29) is 5.91 Å². The normalized spacial score (nSPS) is 18.3. The highest BCUT2D eigenvalue weighted by Gasteiger charge is 2.14. The van der Waals surface area contributed by atoms with Crippen molar-refractivity contribution in [3.63, 3.8) is 0 Å². The number of benzene rings is 1. The van der Waals surface area contributed by atoms with Crippen LogP contribution in [0.3, 0.4) is 0 Å². The highest BCUT2D eigenvalue weighted by atomic mass is 16.1. The number of nitrogen functional groups attached to an aromatic ring is 1. The van der Waals surface area contributed by atoms with Gasteiger partial charge in [0, 0.05) is 17.8 Å². The molecule has 0 saturated carbocycles. The van der Waals surface area contributed by atoms with Crippen molar-refractivity contribution in [1.82, 2.24) is 5.32 Å². The average molecular weight is 258 g/mol. The van der Waals surface area contributed by atoms with E-state index in [1.165, 1.54) is 0 Å². The molecule has 1 aliphatic carbocycles. The number of amides is 1. The summed E-state index contributed by atoms with van der Waals surface area (Å²) in [4.78, 5) is 12.2. The molecule has 0 spiro atoms. The highest BCUT2D eigenvalue weighted by Crippen LogP contribution is 2.19. The standard InChI is InChI=1S/C16H22N2O/c1-11-8-12(2)15(17)9-14(11)16(19)18-10-13-6-4-3-5-7-13/h3-4,8-9,13H,5-7,10,17H2,1-2H3,(H,18,19). The minimum atomic E-state index is -0.0150. The molecule has 1 atom stereocenters. The van der Waals surface area contributed by atoms with Gasteiger partial charge in [-0.3, -0.25) is 4.79 Å². The minimum Gasteiger partial charge on any atom is -0.398 e. The molecule has 1 aliphatic rings. The van der Waals surface area contributed by atoms with Gasteiger partial charge in [0.1, 0.15) is 0 Å². The van der Waals surface area contributed by atoms with Crippen molar-refractivity contribution in [2.45, 2.75) is 33.1 Å². The Hall–Kier alpha value is -1.77. The number of rotatable bonds is 3. The molecule has 0 aliphatic heterocycles. The Morgan fingerprint density at radius 2 is 2.11 bits per heavy atom. The van der Waals surface area contributed by atoms with E-state index in [0.717, 1.165) is 36.9 Å². The van der Waals surface area contributed by atoms with Gasteiger partial charge >= 0.3 is 0 Å². The summed E-state index contributed by atoms with van der Waals surface area (Å²) in [5, 5.41) is 3.03. The first kappa shape index (κ1) is 13.7. The first-order chi connectivity index (χ1) is 9.08. The Balaban J connectivity index is 1.99. The lowest BCUT2D eigenvalue weighted by molar-refractivity contribution is 0.0945. The summed E-state index contributed by atoms with van der Waals surface area (Å²) in [6.45, 7) is 4.65. The van der Waals surface area contributed by atoms with Crippen molar-refractivity contribution >= 4 is 11.6 Å². The summed E-state index contributed by atoms with van der Waals surface area (Å²) in [5.41, 5.74) is 9.24. The minimum absolute atomic E-state index is 0.0150. The van der Waals surface area contributed by atoms with E-state index in [9.17, 15) is 4.79 Å². The van der Waals surface area contributed by atoms with Gasteiger partial charge in [0.2, 0.25) is 0 Å². The van der Waals surface area contributed by atoms with Crippen LogP contribution in [0.4, 0.5) is 5.69 Å². The van der Waals surface area contributed by atoms with Crippen molar-refractivity contribution in [2.24, 2.45) is 5.92 Å². The second kappa shape index (κ2) is 5.91. The van der Waals surface area contributed by atoms with Crippen LogP contribution in [0.5, 0.6) is 0 Å². The molecule has 1 amide bonds. The summed E-state index contributed by atoms with van der Waals surface area (Å²) < 4.78 is 0. The molecule has 1 aromatic carbocycles. The number of allylic oxidation sites excluding steroid dienone is 2. The first-order valence-corrected chi connectivity index (χ1v) is 6.88. The molecule has 19 heavy (non-hydrogen) atoms. The molecule has 1 unspecified atom stereocenters. The highest BCUT2D eigenvalue weighted by molar-refractivity contribution is 5.96. The fourth-order valence-corrected chi connectivity index (χ4v) is 2.49. The number of carbonyl (C=O) groups is 1. The number of aryl methyl sites for hydroxylation is 2. The predicted octanol–water partition coefficient (Wildman–Crippen LogP) is 2.97. The van der Waals surface area contributed by atoms with E-state index in [1.807, 2.05) is 19.9 Å². The Bertz CT molecular complexity index is 506. The maximum Gasteiger partial charge on any atom is 0.251 e. The van der Waals surface area contributed by atoms with E-state index in [0.29, 0.717) is 17.2 Å².